The third-order valence-corrected chi connectivity index (χ3v) is 14.3. The van der Waals surface area contributed by atoms with E-state index in [2.05, 4.69) is 245 Å². The van der Waals surface area contributed by atoms with Crippen LogP contribution in [0.5, 0.6) is 0 Å². The van der Waals surface area contributed by atoms with Crippen molar-refractivity contribution in [2.75, 3.05) is 14.7 Å². The summed E-state index contributed by atoms with van der Waals surface area (Å²) in [6.07, 6.45) is 0. The number of hydrogen-bond acceptors (Lipinski definition) is 5. The molecule has 15 rings (SSSR count). The first-order valence-electron chi connectivity index (χ1n) is 23.3. The van der Waals surface area contributed by atoms with E-state index in [-0.39, 0.29) is 6.71 Å². The van der Waals surface area contributed by atoms with Crippen molar-refractivity contribution in [3.05, 3.63) is 231 Å². The maximum absolute atomic E-state index is 7.19. The molecule has 0 bridgehead atoms. The molecule has 0 fully saturated rings. The van der Waals surface area contributed by atoms with Gasteiger partial charge in [0.2, 0.25) is 0 Å². The zero-order valence-electron chi connectivity index (χ0n) is 36.7. The minimum Gasteiger partial charge on any atom is -0.456 e. The van der Waals surface area contributed by atoms with Gasteiger partial charge in [-0.1, -0.05) is 140 Å². The number of furan rings is 2. The van der Waals surface area contributed by atoms with Gasteiger partial charge in [0, 0.05) is 72.4 Å². The van der Waals surface area contributed by atoms with Crippen molar-refractivity contribution in [3.8, 4) is 0 Å². The summed E-state index contributed by atoms with van der Waals surface area (Å²) >= 11 is 0. The first-order chi connectivity index (χ1) is 33.7. The minimum absolute atomic E-state index is 0.190. The summed E-state index contributed by atoms with van der Waals surface area (Å²) in [6, 6.07) is 83.2. The normalized spacial score (nSPS) is 12.9. The molecule has 0 aliphatic carbocycles. The van der Waals surface area contributed by atoms with Gasteiger partial charge in [0.1, 0.15) is 22.3 Å². The van der Waals surface area contributed by atoms with Crippen LogP contribution < -0.4 is 31.1 Å². The molecule has 316 valence electrons. The lowest BCUT2D eigenvalue weighted by Gasteiger charge is -2.45. The van der Waals surface area contributed by atoms with Gasteiger partial charge in [-0.3, -0.25) is 0 Å². The van der Waals surface area contributed by atoms with Gasteiger partial charge in [0.05, 0.1) is 5.69 Å². The van der Waals surface area contributed by atoms with Crippen LogP contribution in [0.1, 0.15) is 0 Å². The van der Waals surface area contributed by atoms with Crippen LogP contribution in [0.15, 0.2) is 239 Å². The third-order valence-electron chi connectivity index (χ3n) is 14.3. The zero-order chi connectivity index (χ0) is 44.5. The monoisotopic (exact) mass is 867 g/mol. The summed E-state index contributed by atoms with van der Waals surface area (Å²) in [4.78, 5) is 7.37. The molecule has 5 nitrogen and oxygen atoms in total. The van der Waals surface area contributed by atoms with Gasteiger partial charge in [-0.05, 0) is 124 Å². The fraction of sp³-hybridized carbons (Fsp3) is 0. The Kier molecular flexibility index (Phi) is 7.81. The Hall–Kier alpha value is -9.00. The molecule has 4 heterocycles. The second kappa shape index (κ2) is 14.3. The van der Waals surface area contributed by atoms with Crippen molar-refractivity contribution in [3.63, 3.8) is 0 Å². The molecule has 2 aromatic heterocycles. The molecule has 0 saturated heterocycles. The highest BCUT2D eigenvalue weighted by atomic mass is 16.3. The molecule has 0 atom stereocenters. The van der Waals surface area contributed by atoms with E-state index in [1.165, 1.54) is 32.5 Å². The predicted molar refractivity (Wildman–Crippen MR) is 285 cm³/mol. The quantitative estimate of drug-likeness (QED) is 0.127. The number of rotatable bonds is 5. The van der Waals surface area contributed by atoms with Gasteiger partial charge in [-0.2, -0.15) is 0 Å². The van der Waals surface area contributed by atoms with Gasteiger partial charge in [-0.15, -0.1) is 0 Å². The summed E-state index contributed by atoms with van der Waals surface area (Å²) in [5.41, 5.74) is 16.9. The SMILES string of the molecule is c1ccc(N(c2ccccc2)c2cc3c4c(c2)N(c2ccccc2)c2cc5c(cc2B4c2cc4oc6ccccc6c4cc2N3c2ccccc2)oc2c3ccccc3c3ccccc3c52)cc1. The number of anilines is 9. The molecule has 0 saturated carbocycles. The van der Waals surface area contributed by atoms with Crippen LogP contribution >= 0.6 is 0 Å². The Labute approximate surface area is 392 Å². The van der Waals surface area contributed by atoms with Crippen molar-refractivity contribution in [2.24, 2.45) is 0 Å². The van der Waals surface area contributed by atoms with Crippen LogP contribution in [0.4, 0.5) is 51.2 Å². The fourth-order valence-electron chi connectivity index (χ4n) is 11.5. The van der Waals surface area contributed by atoms with Crippen LogP contribution in [0.25, 0.3) is 65.4 Å². The molecule has 2 aliphatic rings. The summed E-state index contributed by atoms with van der Waals surface area (Å²) in [6.45, 7) is -0.190. The van der Waals surface area contributed by atoms with Gasteiger partial charge >= 0.3 is 0 Å². The third kappa shape index (κ3) is 5.28. The van der Waals surface area contributed by atoms with E-state index in [0.717, 1.165) is 100 Å². The first kappa shape index (κ1) is 37.2. The molecule has 13 aromatic rings. The largest absolute Gasteiger partial charge is 0.456 e. The molecule has 68 heavy (non-hydrogen) atoms. The predicted octanol–water partition coefficient (Wildman–Crippen LogP) is 15.3. The Bertz CT molecular complexity index is 4130. The molecule has 0 amide bonds. The second-order valence-electron chi connectivity index (χ2n) is 18.0. The Morgan fingerprint density at radius 3 is 1.37 bits per heavy atom. The standard InChI is InChI=1S/C62H38BN3O2/c1-5-19-39(20-6-1)64(40-21-7-2-8-22-40)43-33-55-61-56(34-43)66(42-25-11-4-12-26-42)54-36-50-59(68-62-48-31-16-14-28-45(48)44-27-13-15-30-47(44)60(50)62)38-52(54)63(61)51-37-58-49(46-29-17-18-32-57(46)67-58)35-53(51)65(55)41-23-9-3-10-24-41/h1-38H. The van der Waals surface area contributed by atoms with Crippen LogP contribution in [0.2, 0.25) is 0 Å². The maximum Gasteiger partial charge on any atom is 0.252 e. The lowest BCUT2D eigenvalue weighted by atomic mass is 9.33. The van der Waals surface area contributed by atoms with Crippen molar-refractivity contribution in [1.29, 1.82) is 0 Å². The van der Waals surface area contributed by atoms with Crippen LogP contribution in [-0.2, 0) is 0 Å². The highest BCUT2D eigenvalue weighted by Crippen LogP contribution is 2.50. The number of hydrogen-bond donors (Lipinski definition) is 0. The van der Waals surface area contributed by atoms with E-state index in [4.69, 9.17) is 8.83 Å². The average Bonchev–Trinajstić information content (AvgIpc) is 3.97. The number of para-hydroxylation sites is 5. The molecule has 0 radical (unpaired) electrons. The van der Waals surface area contributed by atoms with E-state index in [9.17, 15) is 0 Å². The Morgan fingerprint density at radius 1 is 0.324 bits per heavy atom. The van der Waals surface area contributed by atoms with Gasteiger partial charge < -0.3 is 23.5 Å². The topological polar surface area (TPSA) is 36.0 Å². The summed E-state index contributed by atoms with van der Waals surface area (Å²) in [5.74, 6) is 0. The molecule has 6 heteroatoms. The molecule has 0 spiro atoms. The first-order valence-corrected chi connectivity index (χ1v) is 23.3. The zero-order valence-corrected chi connectivity index (χ0v) is 36.7. The van der Waals surface area contributed by atoms with E-state index in [1.807, 2.05) is 0 Å². The van der Waals surface area contributed by atoms with Gasteiger partial charge in [-0.25, -0.2) is 0 Å². The van der Waals surface area contributed by atoms with Crippen molar-refractivity contribution >= 4 is 140 Å². The fourth-order valence-corrected chi connectivity index (χ4v) is 11.5. The van der Waals surface area contributed by atoms with E-state index in [0.29, 0.717) is 0 Å². The molecule has 0 N–H and O–H groups in total. The van der Waals surface area contributed by atoms with Crippen LogP contribution in [-0.4, -0.2) is 6.71 Å². The lowest BCUT2D eigenvalue weighted by molar-refractivity contribution is 0.669. The second-order valence-corrected chi connectivity index (χ2v) is 18.0. The van der Waals surface area contributed by atoms with Crippen molar-refractivity contribution in [1.82, 2.24) is 0 Å². The van der Waals surface area contributed by atoms with E-state index < -0.39 is 0 Å². The number of fused-ring (bicyclic) bond motifs is 15. The molecular weight excluding hydrogens is 830 g/mol. The number of nitrogens with zero attached hydrogens (tertiary/aromatic N) is 3. The molecule has 0 unspecified atom stereocenters. The highest BCUT2D eigenvalue weighted by Gasteiger charge is 2.45. The van der Waals surface area contributed by atoms with Crippen molar-refractivity contribution in [2.45, 2.75) is 0 Å². The average molecular weight is 868 g/mol. The van der Waals surface area contributed by atoms with E-state index >= 15 is 0 Å². The maximum atomic E-state index is 7.19. The minimum atomic E-state index is -0.190. The van der Waals surface area contributed by atoms with Crippen LogP contribution in [0.3, 0.4) is 0 Å². The lowest BCUT2D eigenvalue weighted by Crippen LogP contribution is -2.61. The summed E-state index contributed by atoms with van der Waals surface area (Å²) < 4.78 is 13.9. The van der Waals surface area contributed by atoms with Gasteiger partial charge in [0.15, 0.2) is 0 Å². The summed E-state index contributed by atoms with van der Waals surface area (Å²) in [5, 5.41) is 9.11. The highest BCUT2D eigenvalue weighted by molar-refractivity contribution is 7.00. The van der Waals surface area contributed by atoms with E-state index in [1.54, 1.807) is 0 Å². The molecule has 2 aliphatic heterocycles. The van der Waals surface area contributed by atoms with Crippen molar-refractivity contribution < 1.29 is 8.83 Å². The number of benzene rings is 11. The molecular formula is C62H38BN3O2. The van der Waals surface area contributed by atoms with Crippen LogP contribution in [0, 0.1) is 0 Å². The summed E-state index contributed by atoms with van der Waals surface area (Å²) in [7, 11) is 0. The Balaban J connectivity index is 1.12. The Morgan fingerprint density at radius 2 is 0.779 bits per heavy atom. The van der Waals surface area contributed by atoms with Gasteiger partial charge in [0.25, 0.3) is 6.71 Å². The molecule has 11 aromatic carbocycles. The smallest absolute Gasteiger partial charge is 0.252 e.